The molecule has 25 heavy (non-hydrogen) atoms. The number of aromatic nitrogens is 1. The van der Waals surface area contributed by atoms with Crippen LogP contribution in [-0.4, -0.2) is 35.3 Å². The summed E-state index contributed by atoms with van der Waals surface area (Å²) in [4.78, 5) is 27.4. The van der Waals surface area contributed by atoms with Crippen LogP contribution in [0.2, 0.25) is 5.02 Å². The first-order chi connectivity index (χ1) is 11.7. The number of aromatic amines is 1. The molecule has 0 aliphatic heterocycles. The van der Waals surface area contributed by atoms with Gasteiger partial charge in [-0.25, -0.2) is 9.59 Å². The predicted molar refractivity (Wildman–Crippen MR) is 96.8 cm³/mol. The highest BCUT2D eigenvalue weighted by Crippen LogP contribution is 2.21. The SMILES string of the molecule is CCOC(=O)[C@@H](Cc1cc2cc(Cl)ccc2[nH]1)NC(=O)OC(C)(C)C. The summed E-state index contributed by atoms with van der Waals surface area (Å²) in [5.41, 5.74) is 1.03. The molecule has 0 spiro atoms. The fourth-order valence-corrected chi connectivity index (χ4v) is 2.56. The molecule has 2 N–H and O–H groups in total. The first-order valence-corrected chi connectivity index (χ1v) is 8.49. The molecule has 6 nitrogen and oxygen atoms in total. The summed E-state index contributed by atoms with van der Waals surface area (Å²) in [6.45, 7) is 7.22. The van der Waals surface area contributed by atoms with Gasteiger partial charge in [-0.05, 0) is 52.0 Å². The molecule has 1 aromatic carbocycles. The number of H-pyrrole nitrogens is 1. The Labute approximate surface area is 151 Å². The van der Waals surface area contributed by atoms with Crippen LogP contribution in [0.1, 0.15) is 33.4 Å². The number of esters is 1. The van der Waals surface area contributed by atoms with Gasteiger partial charge in [-0.1, -0.05) is 11.6 Å². The van der Waals surface area contributed by atoms with Gasteiger partial charge in [0.2, 0.25) is 0 Å². The maximum absolute atomic E-state index is 12.2. The van der Waals surface area contributed by atoms with E-state index < -0.39 is 23.7 Å². The number of halogens is 1. The summed E-state index contributed by atoms with van der Waals surface area (Å²) in [5.74, 6) is -0.509. The smallest absolute Gasteiger partial charge is 0.408 e. The van der Waals surface area contributed by atoms with Crippen LogP contribution in [0.4, 0.5) is 4.79 Å². The highest BCUT2D eigenvalue weighted by Gasteiger charge is 2.26. The van der Waals surface area contributed by atoms with Crippen molar-refractivity contribution in [2.45, 2.75) is 45.8 Å². The zero-order chi connectivity index (χ0) is 18.6. The number of alkyl carbamates (subject to hydrolysis) is 1. The number of amides is 1. The Kier molecular flexibility index (Phi) is 5.95. The average molecular weight is 367 g/mol. The van der Waals surface area contributed by atoms with Gasteiger partial charge in [-0.15, -0.1) is 0 Å². The molecule has 2 rings (SSSR count). The Bertz CT molecular complexity index is 764. The van der Waals surface area contributed by atoms with Gasteiger partial charge in [0.05, 0.1) is 6.61 Å². The summed E-state index contributed by atoms with van der Waals surface area (Å²) in [6.07, 6.45) is -0.408. The van der Waals surface area contributed by atoms with E-state index in [2.05, 4.69) is 10.3 Å². The summed E-state index contributed by atoms with van der Waals surface area (Å²) < 4.78 is 10.3. The van der Waals surface area contributed by atoms with Gasteiger partial charge in [0.1, 0.15) is 11.6 Å². The maximum Gasteiger partial charge on any atom is 0.408 e. The number of fused-ring (bicyclic) bond motifs is 1. The number of hydrogen-bond acceptors (Lipinski definition) is 4. The molecule has 1 heterocycles. The van der Waals surface area contributed by atoms with Crippen molar-refractivity contribution < 1.29 is 19.1 Å². The van der Waals surface area contributed by atoms with E-state index in [0.717, 1.165) is 16.6 Å². The summed E-state index contributed by atoms with van der Waals surface area (Å²) >= 11 is 5.99. The Morgan fingerprint density at radius 3 is 2.64 bits per heavy atom. The van der Waals surface area contributed by atoms with Crippen LogP contribution in [-0.2, 0) is 20.7 Å². The van der Waals surface area contributed by atoms with Crippen molar-refractivity contribution in [2.75, 3.05) is 6.61 Å². The molecule has 0 unspecified atom stereocenters. The molecule has 0 saturated carbocycles. The van der Waals surface area contributed by atoms with Gasteiger partial charge >= 0.3 is 12.1 Å². The second-order valence-corrected chi connectivity index (χ2v) is 7.12. The first kappa shape index (κ1) is 19.1. The molecule has 2 aromatic rings. The van der Waals surface area contributed by atoms with Crippen LogP contribution in [0.3, 0.4) is 0 Å². The zero-order valence-electron chi connectivity index (χ0n) is 14.8. The van der Waals surface area contributed by atoms with E-state index in [1.54, 1.807) is 33.8 Å². The van der Waals surface area contributed by atoms with Gasteiger partial charge in [0, 0.05) is 28.0 Å². The first-order valence-electron chi connectivity index (χ1n) is 8.11. The van der Waals surface area contributed by atoms with E-state index >= 15 is 0 Å². The van der Waals surface area contributed by atoms with Crippen LogP contribution in [0.5, 0.6) is 0 Å². The Balaban J connectivity index is 2.16. The molecule has 0 fully saturated rings. The fourth-order valence-electron chi connectivity index (χ4n) is 2.38. The van der Waals surface area contributed by atoms with Crippen LogP contribution in [0, 0.1) is 0 Å². The van der Waals surface area contributed by atoms with E-state index in [4.69, 9.17) is 21.1 Å². The van der Waals surface area contributed by atoms with Crippen molar-refractivity contribution in [3.8, 4) is 0 Å². The minimum Gasteiger partial charge on any atom is -0.464 e. The Morgan fingerprint density at radius 1 is 1.28 bits per heavy atom. The number of hydrogen-bond donors (Lipinski definition) is 2. The topological polar surface area (TPSA) is 80.4 Å². The van der Waals surface area contributed by atoms with Gasteiger partial charge in [-0.2, -0.15) is 0 Å². The molecule has 0 bridgehead atoms. The minimum absolute atomic E-state index is 0.230. The zero-order valence-corrected chi connectivity index (χ0v) is 15.6. The number of ether oxygens (including phenoxy) is 2. The van der Waals surface area contributed by atoms with Crippen molar-refractivity contribution >= 4 is 34.6 Å². The molecule has 1 amide bonds. The van der Waals surface area contributed by atoms with Crippen LogP contribution in [0.15, 0.2) is 24.3 Å². The molecule has 0 aliphatic rings. The van der Waals surface area contributed by atoms with Crippen LogP contribution < -0.4 is 5.32 Å². The van der Waals surface area contributed by atoms with E-state index in [0.29, 0.717) is 5.02 Å². The van der Waals surface area contributed by atoms with Crippen molar-refractivity contribution in [1.29, 1.82) is 0 Å². The van der Waals surface area contributed by atoms with Crippen molar-refractivity contribution in [3.05, 3.63) is 35.0 Å². The second-order valence-electron chi connectivity index (χ2n) is 6.68. The quantitative estimate of drug-likeness (QED) is 0.788. The average Bonchev–Trinajstić information content (AvgIpc) is 2.86. The fraction of sp³-hybridized carbons (Fsp3) is 0.444. The Morgan fingerprint density at radius 2 is 2.00 bits per heavy atom. The normalized spacial score (nSPS) is 12.7. The lowest BCUT2D eigenvalue weighted by molar-refractivity contribution is -0.145. The van der Waals surface area contributed by atoms with Gasteiger partial charge < -0.3 is 19.8 Å². The Hall–Kier alpha value is -2.21. The molecule has 1 aromatic heterocycles. The monoisotopic (exact) mass is 366 g/mol. The van der Waals surface area contributed by atoms with Gasteiger partial charge in [0.25, 0.3) is 0 Å². The molecule has 136 valence electrons. The maximum atomic E-state index is 12.2. The number of rotatable bonds is 5. The lowest BCUT2D eigenvalue weighted by Crippen LogP contribution is -2.45. The lowest BCUT2D eigenvalue weighted by atomic mass is 10.1. The third kappa shape index (κ3) is 5.67. The minimum atomic E-state index is -0.849. The molecular formula is C18H23ClN2O4. The van der Waals surface area contributed by atoms with Gasteiger partial charge in [-0.3, -0.25) is 0 Å². The predicted octanol–water partition coefficient (Wildman–Crippen LogP) is 3.82. The van der Waals surface area contributed by atoms with Crippen molar-refractivity contribution in [1.82, 2.24) is 10.3 Å². The van der Waals surface area contributed by atoms with Gasteiger partial charge in [0.15, 0.2) is 0 Å². The molecule has 0 saturated heterocycles. The number of carbonyl (C=O) groups excluding carboxylic acids is 2. The van der Waals surface area contributed by atoms with E-state index in [9.17, 15) is 9.59 Å². The third-order valence-corrected chi connectivity index (χ3v) is 3.56. The molecular weight excluding hydrogens is 344 g/mol. The molecule has 0 radical (unpaired) electrons. The molecule has 7 heteroatoms. The van der Waals surface area contributed by atoms with E-state index in [1.165, 1.54) is 0 Å². The highest BCUT2D eigenvalue weighted by molar-refractivity contribution is 6.31. The standard InChI is InChI=1S/C18H23ClN2O4/c1-5-24-16(22)15(21-17(23)25-18(2,3)4)10-13-9-11-8-12(19)6-7-14(11)20-13/h6-9,15,20H,5,10H2,1-4H3,(H,21,23)/t15-/m1/s1. The molecule has 0 aliphatic carbocycles. The van der Waals surface area contributed by atoms with Crippen LogP contribution >= 0.6 is 11.6 Å². The largest absolute Gasteiger partial charge is 0.464 e. The van der Waals surface area contributed by atoms with E-state index in [-0.39, 0.29) is 13.0 Å². The van der Waals surface area contributed by atoms with E-state index in [1.807, 2.05) is 18.2 Å². The highest BCUT2D eigenvalue weighted by atomic mass is 35.5. The third-order valence-electron chi connectivity index (χ3n) is 3.32. The molecule has 1 atom stereocenters. The van der Waals surface area contributed by atoms with Crippen molar-refractivity contribution in [3.63, 3.8) is 0 Å². The number of carbonyl (C=O) groups is 2. The van der Waals surface area contributed by atoms with Crippen molar-refractivity contribution in [2.24, 2.45) is 0 Å². The lowest BCUT2D eigenvalue weighted by Gasteiger charge is -2.22. The summed E-state index contributed by atoms with van der Waals surface area (Å²) in [5, 5.41) is 4.14. The second kappa shape index (κ2) is 7.78. The number of nitrogens with one attached hydrogen (secondary N) is 2. The van der Waals surface area contributed by atoms with Crippen LogP contribution in [0.25, 0.3) is 10.9 Å². The summed E-state index contributed by atoms with van der Waals surface area (Å²) in [7, 11) is 0. The summed E-state index contributed by atoms with van der Waals surface area (Å²) in [6, 6.07) is 6.52. The number of benzene rings is 1.